The molecular formula is C31H30Cl3NO5S. The second kappa shape index (κ2) is 11.6. The third-order valence-corrected chi connectivity index (χ3v) is 11.5. The molecule has 41 heavy (non-hydrogen) atoms. The minimum Gasteiger partial charge on any atom is -0.481 e. The number of nitrogens with one attached hydrogen (secondary N) is 1. The molecule has 2 N–H and O–H groups in total. The molecule has 2 fully saturated rings. The third kappa shape index (κ3) is 6.14. The van der Waals surface area contributed by atoms with Gasteiger partial charge >= 0.3 is 5.97 Å². The van der Waals surface area contributed by atoms with Crippen molar-refractivity contribution in [3.8, 4) is 0 Å². The van der Waals surface area contributed by atoms with E-state index in [1.165, 1.54) is 6.07 Å². The lowest BCUT2D eigenvalue weighted by Gasteiger charge is -2.47. The standard InChI is InChI=1S/C31H30Cl3NO5S/c1-31(17-26(36)37)16-23(20-5-4-6-22(33)15-20)28(35-30(31)38)27(18-9-10-18)29(19-11-13-21(32)14-12-19)41(39,40)25-8-3-2-7-24(25)34/h2-8,11-15,18,23,27-29H,9-10,16-17H2,1H3,(H,35,38)(H,36,37)/t23-,27?,28+,29-,31+/m1/s1. The van der Waals surface area contributed by atoms with Crippen LogP contribution >= 0.6 is 34.8 Å². The monoisotopic (exact) mass is 633 g/mol. The van der Waals surface area contributed by atoms with Gasteiger partial charge in [-0.15, -0.1) is 0 Å². The highest BCUT2D eigenvalue weighted by Gasteiger charge is 2.55. The topological polar surface area (TPSA) is 101 Å². The lowest BCUT2D eigenvalue weighted by atomic mass is 9.66. The minimum atomic E-state index is -4.08. The number of aliphatic carboxylic acids is 1. The van der Waals surface area contributed by atoms with Gasteiger partial charge in [0.05, 0.1) is 27.0 Å². The summed E-state index contributed by atoms with van der Waals surface area (Å²) in [5.74, 6) is -2.41. The minimum absolute atomic E-state index is 0.00348. The molecule has 1 unspecified atom stereocenters. The van der Waals surface area contributed by atoms with Crippen molar-refractivity contribution in [3.63, 3.8) is 0 Å². The van der Waals surface area contributed by atoms with Crippen molar-refractivity contribution in [2.24, 2.45) is 17.3 Å². The van der Waals surface area contributed by atoms with E-state index in [9.17, 15) is 23.1 Å². The number of halogens is 3. The second-order valence-corrected chi connectivity index (χ2v) is 14.7. The van der Waals surface area contributed by atoms with Crippen molar-refractivity contribution in [3.05, 3.63) is 99.0 Å². The number of rotatable bonds is 9. The highest BCUT2D eigenvalue weighted by molar-refractivity contribution is 7.91. The zero-order valence-electron chi connectivity index (χ0n) is 22.3. The highest BCUT2D eigenvalue weighted by atomic mass is 35.5. The number of hydrogen-bond donors (Lipinski definition) is 2. The molecule has 2 aliphatic rings. The predicted octanol–water partition coefficient (Wildman–Crippen LogP) is 7.34. The van der Waals surface area contributed by atoms with Gasteiger partial charge in [-0.2, -0.15) is 0 Å². The number of carbonyl (C=O) groups is 2. The molecule has 1 aliphatic carbocycles. The van der Waals surface area contributed by atoms with Gasteiger partial charge in [-0.05, 0) is 72.7 Å². The number of benzene rings is 3. The molecule has 5 rings (SSSR count). The van der Waals surface area contributed by atoms with Crippen molar-refractivity contribution in [2.75, 3.05) is 0 Å². The maximum Gasteiger partial charge on any atom is 0.304 e. The van der Waals surface area contributed by atoms with Crippen LogP contribution in [0.25, 0.3) is 0 Å². The second-order valence-electron chi connectivity index (χ2n) is 11.4. The van der Waals surface area contributed by atoms with Gasteiger partial charge in [-0.3, -0.25) is 9.59 Å². The van der Waals surface area contributed by atoms with Crippen LogP contribution < -0.4 is 5.32 Å². The van der Waals surface area contributed by atoms with E-state index in [0.29, 0.717) is 15.6 Å². The summed E-state index contributed by atoms with van der Waals surface area (Å²) in [6, 6.07) is 19.8. The first-order chi connectivity index (χ1) is 19.4. The Bertz CT molecular complexity index is 1570. The Morgan fingerprint density at radius 2 is 1.68 bits per heavy atom. The van der Waals surface area contributed by atoms with Crippen LogP contribution in [0.3, 0.4) is 0 Å². The zero-order chi connectivity index (χ0) is 29.5. The molecule has 216 valence electrons. The Morgan fingerprint density at radius 1 is 1.00 bits per heavy atom. The van der Waals surface area contributed by atoms with Crippen LogP contribution in [0.15, 0.2) is 77.7 Å². The maximum atomic E-state index is 14.6. The number of hydrogen-bond acceptors (Lipinski definition) is 4. The fourth-order valence-electron chi connectivity index (χ4n) is 6.33. The molecule has 1 amide bonds. The van der Waals surface area contributed by atoms with E-state index in [1.54, 1.807) is 55.5 Å². The van der Waals surface area contributed by atoms with E-state index >= 15 is 0 Å². The molecule has 3 aromatic rings. The van der Waals surface area contributed by atoms with Crippen LogP contribution in [-0.4, -0.2) is 31.4 Å². The zero-order valence-corrected chi connectivity index (χ0v) is 25.4. The van der Waals surface area contributed by atoms with Gasteiger partial charge in [0.2, 0.25) is 5.91 Å². The van der Waals surface area contributed by atoms with E-state index in [1.807, 2.05) is 18.2 Å². The first kappa shape index (κ1) is 29.9. The summed E-state index contributed by atoms with van der Waals surface area (Å²) in [4.78, 5) is 25.4. The normalized spacial score (nSPS) is 24.3. The average Bonchev–Trinajstić information content (AvgIpc) is 3.74. The molecule has 1 aliphatic heterocycles. The Kier molecular flexibility index (Phi) is 8.46. The SMILES string of the molecule is C[C@@]1(CC(=O)O)C[C@H](c2cccc(Cl)c2)[C@@H](C(C2CC2)[C@@H](c2ccc(Cl)cc2)S(=O)(=O)c2ccccc2Cl)NC1=O. The third-order valence-electron chi connectivity index (χ3n) is 8.37. The number of amides is 1. The summed E-state index contributed by atoms with van der Waals surface area (Å²) in [6.07, 6.45) is 1.47. The van der Waals surface area contributed by atoms with Gasteiger partial charge < -0.3 is 10.4 Å². The number of carboxylic acids is 1. The van der Waals surface area contributed by atoms with Crippen molar-refractivity contribution in [1.29, 1.82) is 0 Å². The molecule has 6 nitrogen and oxygen atoms in total. The molecule has 0 radical (unpaired) electrons. The summed E-state index contributed by atoms with van der Waals surface area (Å²) in [5.41, 5.74) is 0.166. The molecule has 0 bridgehead atoms. The Labute approximate surface area is 254 Å². The average molecular weight is 635 g/mol. The molecular weight excluding hydrogens is 605 g/mol. The van der Waals surface area contributed by atoms with E-state index in [2.05, 4.69) is 5.32 Å². The first-order valence-electron chi connectivity index (χ1n) is 13.4. The lowest BCUT2D eigenvalue weighted by molar-refractivity contribution is -0.147. The van der Waals surface area contributed by atoms with Gasteiger partial charge in [-0.1, -0.05) is 78.1 Å². The molecule has 1 heterocycles. The van der Waals surface area contributed by atoms with Crippen molar-refractivity contribution in [2.45, 2.75) is 54.7 Å². The maximum absolute atomic E-state index is 14.6. The Balaban J connectivity index is 1.70. The molecule has 5 atom stereocenters. The number of carboxylic acid groups (broad SMARTS) is 1. The largest absolute Gasteiger partial charge is 0.481 e. The van der Waals surface area contributed by atoms with E-state index in [4.69, 9.17) is 34.8 Å². The highest BCUT2D eigenvalue weighted by Crippen LogP contribution is 2.55. The van der Waals surface area contributed by atoms with Crippen LogP contribution in [0.5, 0.6) is 0 Å². The quantitative estimate of drug-likeness (QED) is 0.257. The summed E-state index contributed by atoms with van der Waals surface area (Å²) in [5, 5.41) is 12.8. The number of sulfone groups is 1. The molecule has 3 aromatic carbocycles. The Hall–Kier alpha value is -2.58. The van der Waals surface area contributed by atoms with Gasteiger partial charge in [-0.25, -0.2) is 8.42 Å². The van der Waals surface area contributed by atoms with Crippen LogP contribution in [0.4, 0.5) is 0 Å². The fourth-order valence-corrected chi connectivity index (χ4v) is 9.31. The van der Waals surface area contributed by atoms with Crippen molar-refractivity contribution < 1.29 is 23.1 Å². The molecule has 0 spiro atoms. The van der Waals surface area contributed by atoms with Crippen molar-refractivity contribution >= 4 is 56.5 Å². The Morgan fingerprint density at radius 3 is 2.29 bits per heavy atom. The van der Waals surface area contributed by atoms with Crippen molar-refractivity contribution in [1.82, 2.24) is 5.32 Å². The van der Waals surface area contributed by atoms with Crippen LogP contribution in [0.2, 0.25) is 15.1 Å². The molecule has 10 heteroatoms. The van der Waals surface area contributed by atoms with Crippen LogP contribution in [-0.2, 0) is 19.4 Å². The van der Waals surface area contributed by atoms with E-state index in [-0.39, 0.29) is 28.7 Å². The van der Waals surface area contributed by atoms with Gasteiger partial charge in [0.15, 0.2) is 9.84 Å². The summed E-state index contributed by atoms with van der Waals surface area (Å²) >= 11 is 19.0. The smallest absolute Gasteiger partial charge is 0.304 e. The van der Waals surface area contributed by atoms with E-state index < -0.39 is 50.3 Å². The first-order valence-corrected chi connectivity index (χ1v) is 16.1. The summed E-state index contributed by atoms with van der Waals surface area (Å²) < 4.78 is 29.2. The van der Waals surface area contributed by atoms with Crippen LogP contribution in [0, 0.1) is 17.3 Å². The van der Waals surface area contributed by atoms with E-state index in [0.717, 1.165) is 18.4 Å². The van der Waals surface area contributed by atoms with Crippen LogP contribution in [0.1, 0.15) is 54.9 Å². The van der Waals surface area contributed by atoms with Gasteiger partial charge in [0, 0.05) is 27.9 Å². The fraction of sp³-hybridized carbons (Fsp3) is 0.355. The molecule has 0 aromatic heterocycles. The van der Waals surface area contributed by atoms with Gasteiger partial charge in [0.1, 0.15) is 0 Å². The number of carbonyl (C=O) groups excluding carboxylic acids is 1. The van der Waals surface area contributed by atoms with Gasteiger partial charge in [0.25, 0.3) is 0 Å². The summed E-state index contributed by atoms with van der Waals surface area (Å²) in [7, 11) is -4.08. The summed E-state index contributed by atoms with van der Waals surface area (Å²) in [6.45, 7) is 1.65. The lowest BCUT2D eigenvalue weighted by Crippen LogP contribution is -2.58. The molecule has 1 saturated heterocycles. The molecule has 1 saturated carbocycles. The predicted molar refractivity (Wildman–Crippen MR) is 160 cm³/mol. The number of piperidine rings is 1.